The standard InChI is InChI=1S/C17H21BrN4/c1-14-12-17(20-13-19-14)22-10-8-21(9-11-22)7-6-15-2-4-16(18)5-3-15/h2-5,12-13H,6-11H2,1H3. The summed E-state index contributed by atoms with van der Waals surface area (Å²) in [4.78, 5) is 13.4. The van der Waals surface area contributed by atoms with Crippen molar-refractivity contribution in [2.75, 3.05) is 37.6 Å². The van der Waals surface area contributed by atoms with Gasteiger partial charge in [0, 0.05) is 49.0 Å². The molecular weight excluding hydrogens is 340 g/mol. The van der Waals surface area contributed by atoms with Crippen molar-refractivity contribution in [1.82, 2.24) is 14.9 Å². The molecule has 1 fully saturated rings. The van der Waals surface area contributed by atoms with Crippen LogP contribution in [0.4, 0.5) is 5.82 Å². The number of anilines is 1. The molecule has 0 saturated carbocycles. The van der Waals surface area contributed by atoms with Crippen LogP contribution in [-0.2, 0) is 6.42 Å². The maximum Gasteiger partial charge on any atom is 0.132 e. The predicted molar refractivity (Wildman–Crippen MR) is 93.3 cm³/mol. The molecule has 116 valence electrons. The predicted octanol–water partition coefficient (Wildman–Crippen LogP) is 2.91. The zero-order valence-corrected chi connectivity index (χ0v) is 14.5. The van der Waals surface area contributed by atoms with Crippen molar-refractivity contribution in [3.05, 3.63) is 52.4 Å². The van der Waals surface area contributed by atoms with Crippen LogP contribution in [0.1, 0.15) is 11.3 Å². The lowest BCUT2D eigenvalue weighted by Gasteiger charge is -2.35. The first-order valence-electron chi connectivity index (χ1n) is 7.71. The third-order valence-electron chi connectivity index (χ3n) is 4.12. The minimum Gasteiger partial charge on any atom is -0.354 e. The zero-order chi connectivity index (χ0) is 15.4. The van der Waals surface area contributed by atoms with Gasteiger partial charge in [0.15, 0.2) is 0 Å². The van der Waals surface area contributed by atoms with Crippen LogP contribution in [0.3, 0.4) is 0 Å². The lowest BCUT2D eigenvalue weighted by Crippen LogP contribution is -2.47. The largest absolute Gasteiger partial charge is 0.354 e. The Labute approximate surface area is 140 Å². The van der Waals surface area contributed by atoms with Crippen LogP contribution in [0.25, 0.3) is 0 Å². The minimum atomic E-state index is 1.03. The second-order valence-electron chi connectivity index (χ2n) is 5.72. The number of benzene rings is 1. The summed E-state index contributed by atoms with van der Waals surface area (Å²) in [6.07, 6.45) is 2.77. The first-order valence-corrected chi connectivity index (χ1v) is 8.50. The summed E-state index contributed by atoms with van der Waals surface area (Å²) in [6, 6.07) is 10.7. The molecule has 1 aromatic heterocycles. The van der Waals surface area contributed by atoms with Gasteiger partial charge >= 0.3 is 0 Å². The summed E-state index contributed by atoms with van der Waals surface area (Å²) in [5.74, 6) is 1.06. The molecule has 0 radical (unpaired) electrons. The first-order chi connectivity index (χ1) is 10.7. The van der Waals surface area contributed by atoms with Crippen molar-refractivity contribution in [3.8, 4) is 0 Å². The van der Waals surface area contributed by atoms with Crippen molar-refractivity contribution in [2.45, 2.75) is 13.3 Å². The number of hydrogen-bond acceptors (Lipinski definition) is 4. The Morgan fingerprint density at radius 3 is 2.45 bits per heavy atom. The summed E-state index contributed by atoms with van der Waals surface area (Å²) in [7, 11) is 0. The summed E-state index contributed by atoms with van der Waals surface area (Å²) in [5.41, 5.74) is 2.43. The molecule has 0 atom stereocenters. The van der Waals surface area contributed by atoms with Gasteiger partial charge in [0.25, 0.3) is 0 Å². The van der Waals surface area contributed by atoms with Gasteiger partial charge in [0.1, 0.15) is 12.1 Å². The number of aryl methyl sites for hydroxylation is 1. The van der Waals surface area contributed by atoms with Gasteiger partial charge in [-0.1, -0.05) is 28.1 Å². The highest BCUT2D eigenvalue weighted by atomic mass is 79.9. The Bertz CT molecular complexity index is 606. The fraction of sp³-hybridized carbons (Fsp3) is 0.412. The molecule has 22 heavy (non-hydrogen) atoms. The summed E-state index contributed by atoms with van der Waals surface area (Å²) in [6.45, 7) is 7.41. The van der Waals surface area contributed by atoms with Crippen LogP contribution in [-0.4, -0.2) is 47.6 Å². The van der Waals surface area contributed by atoms with Gasteiger partial charge in [0.2, 0.25) is 0 Å². The van der Waals surface area contributed by atoms with Crippen LogP contribution in [0.2, 0.25) is 0 Å². The van der Waals surface area contributed by atoms with E-state index in [2.05, 4.69) is 66.0 Å². The molecule has 1 aliphatic rings. The lowest BCUT2D eigenvalue weighted by atomic mass is 10.1. The number of hydrogen-bond donors (Lipinski definition) is 0. The molecule has 0 bridgehead atoms. The number of piperazine rings is 1. The van der Waals surface area contributed by atoms with Crippen LogP contribution < -0.4 is 4.90 Å². The smallest absolute Gasteiger partial charge is 0.132 e. The molecule has 2 aromatic rings. The number of nitrogens with zero attached hydrogens (tertiary/aromatic N) is 4. The first kappa shape index (κ1) is 15.4. The third kappa shape index (κ3) is 4.05. The Kier molecular flexibility index (Phi) is 5.05. The quantitative estimate of drug-likeness (QED) is 0.838. The molecule has 0 spiro atoms. The molecule has 1 saturated heterocycles. The van der Waals surface area contributed by atoms with Crippen molar-refractivity contribution in [3.63, 3.8) is 0 Å². The maximum atomic E-state index is 4.38. The van der Waals surface area contributed by atoms with Crippen LogP contribution in [0, 0.1) is 6.92 Å². The molecule has 0 unspecified atom stereocenters. The van der Waals surface area contributed by atoms with E-state index in [1.54, 1.807) is 6.33 Å². The van der Waals surface area contributed by atoms with E-state index >= 15 is 0 Å². The Hall–Kier alpha value is -1.46. The molecule has 1 aromatic carbocycles. The van der Waals surface area contributed by atoms with Gasteiger partial charge in [-0.15, -0.1) is 0 Å². The lowest BCUT2D eigenvalue weighted by molar-refractivity contribution is 0.260. The Balaban J connectivity index is 1.48. The zero-order valence-electron chi connectivity index (χ0n) is 12.9. The number of aromatic nitrogens is 2. The molecule has 0 N–H and O–H groups in total. The van der Waals surface area contributed by atoms with E-state index in [0.717, 1.165) is 55.1 Å². The number of halogens is 1. The van der Waals surface area contributed by atoms with Gasteiger partial charge in [-0.3, -0.25) is 4.90 Å². The van der Waals surface area contributed by atoms with Crippen LogP contribution >= 0.6 is 15.9 Å². The fourth-order valence-corrected chi connectivity index (χ4v) is 3.02. The molecule has 5 heteroatoms. The summed E-state index contributed by atoms with van der Waals surface area (Å²) in [5, 5.41) is 0. The van der Waals surface area contributed by atoms with E-state index in [9.17, 15) is 0 Å². The minimum absolute atomic E-state index is 1.03. The third-order valence-corrected chi connectivity index (χ3v) is 4.64. The molecule has 0 amide bonds. The molecule has 4 nitrogen and oxygen atoms in total. The number of rotatable bonds is 4. The van der Waals surface area contributed by atoms with Crippen molar-refractivity contribution in [1.29, 1.82) is 0 Å². The maximum absolute atomic E-state index is 4.38. The second kappa shape index (κ2) is 7.20. The molecule has 3 rings (SSSR count). The monoisotopic (exact) mass is 360 g/mol. The van der Waals surface area contributed by atoms with Gasteiger partial charge < -0.3 is 4.90 Å². The van der Waals surface area contributed by atoms with E-state index in [1.165, 1.54) is 5.56 Å². The van der Waals surface area contributed by atoms with E-state index in [-0.39, 0.29) is 0 Å². The highest BCUT2D eigenvalue weighted by Crippen LogP contribution is 2.15. The highest BCUT2D eigenvalue weighted by molar-refractivity contribution is 9.10. The van der Waals surface area contributed by atoms with Crippen molar-refractivity contribution >= 4 is 21.7 Å². The van der Waals surface area contributed by atoms with Gasteiger partial charge in [-0.05, 0) is 31.0 Å². The summed E-state index contributed by atoms with van der Waals surface area (Å²) < 4.78 is 1.14. The molecular formula is C17H21BrN4. The molecule has 0 aliphatic carbocycles. The average Bonchev–Trinajstić information content (AvgIpc) is 2.55. The molecule has 2 heterocycles. The topological polar surface area (TPSA) is 32.3 Å². The van der Waals surface area contributed by atoms with Crippen molar-refractivity contribution < 1.29 is 0 Å². The SMILES string of the molecule is Cc1cc(N2CCN(CCc3ccc(Br)cc3)CC2)ncn1. The van der Waals surface area contributed by atoms with E-state index in [4.69, 9.17) is 0 Å². The highest BCUT2D eigenvalue weighted by Gasteiger charge is 2.17. The normalized spacial score (nSPS) is 16.0. The van der Waals surface area contributed by atoms with Gasteiger partial charge in [-0.25, -0.2) is 9.97 Å². The van der Waals surface area contributed by atoms with Gasteiger partial charge in [0.05, 0.1) is 0 Å². The fourth-order valence-electron chi connectivity index (χ4n) is 2.75. The summed E-state index contributed by atoms with van der Waals surface area (Å²) >= 11 is 3.48. The molecule has 1 aliphatic heterocycles. The average molecular weight is 361 g/mol. The van der Waals surface area contributed by atoms with E-state index in [1.807, 2.05) is 6.92 Å². The van der Waals surface area contributed by atoms with Gasteiger partial charge in [-0.2, -0.15) is 0 Å². The van der Waals surface area contributed by atoms with Crippen LogP contribution in [0.5, 0.6) is 0 Å². The van der Waals surface area contributed by atoms with Crippen LogP contribution in [0.15, 0.2) is 41.1 Å². The van der Waals surface area contributed by atoms with E-state index in [0.29, 0.717) is 0 Å². The second-order valence-corrected chi connectivity index (χ2v) is 6.64. The Morgan fingerprint density at radius 1 is 1.05 bits per heavy atom. The van der Waals surface area contributed by atoms with E-state index < -0.39 is 0 Å². The van der Waals surface area contributed by atoms with Crippen molar-refractivity contribution in [2.24, 2.45) is 0 Å². The Morgan fingerprint density at radius 2 is 1.77 bits per heavy atom.